The maximum absolute atomic E-state index is 14.4. The molecule has 3 aliphatic heterocycles. The third kappa shape index (κ3) is 7.58. The number of amides is 3. The molecule has 0 radical (unpaired) electrons. The molecule has 2 N–H and O–H groups in total. The minimum absolute atomic E-state index is 0.0287. The Morgan fingerprint density at radius 2 is 1.77 bits per heavy atom. The summed E-state index contributed by atoms with van der Waals surface area (Å²) >= 11 is 0. The Kier molecular flexibility index (Phi) is 10.7. The second-order valence-corrected chi connectivity index (χ2v) is 16.6. The molecule has 62 heavy (non-hydrogen) atoms. The van der Waals surface area contributed by atoms with Crippen molar-refractivity contribution in [2.75, 3.05) is 33.9 Å². The first-order chi connectivity index (χ1) is 30.4. The molecule has 2 saturated carbocycles. The zero-order valence-electron chi connectivity index (χ0n) is 34.7. The molecule has 17 nitrogen and oxygen atoms in total. The number of likely N-dealkylation sites (tertiary alicyclic amines) is 1. The summed E-state index contributed by atoms with van der Waals surface area (Å²) in [5.74, 6) is 2.02. The number of piperidine rings is 1. The van der Waals surface area contributed by atoms with Crippen molar-refractivity contribution in [3.8, 4) is 34.3 Å². The lowest BCUT2D eigenvalue weighted by Gasteiger charge is -2.43. The molecule has 3 amide bonds. The maximum atomic E-state index is 14.4. The number of hydrogen-bond donors (Lipinski definition) is 2. The van der Waals surface area contributed by atoms with E-state index in [9.17, 15) is 14.4 Å². The number of benzene rings is 2. The summed E-state index contributed by atoms with van der Waals surface area (Å²) in [5.41, 5.74) is 4.15. The second-order valence-electron chi connectivity index (χ2n) is 16.6. The van der Waals surface area contributed by atoms with Crippen LogP contribution in [0.2, 0.25) is 0 Å². The van der Waals surface area contributed by atoms with Gasteiger partial charge in [0, 0.05) is 54.6 Å². The van der Waals surface area contributed by atoms with E-state index in [1.807, 2.05) is 36.4 Å². The molecule has 10 rings (SSSR count). The quantitative estimate of drug-likeness (QED) is 0.159. The lowest BCUT2D eigenvalue weighted by molar-refractivity contribution is -0.179. The van der Waals surface area contributed by atoms with Crippen LogP contribution in [0.4, 0.5) is 0 Å². The van der Waals surface area contributed by atoms with Gasteiger partial charge in [-0.25, -0.2) is 15.0 Å². The van der Waals surface area contributed by atoms with Gasteiger partial charge in [-0.05, 0) is 80.8 Å². The van der Waals surface area contributed by atoms with Gasteiger partial charge < -0.3 is 38.9 Å². The van der Waals surface area contributed by atoms with Crippen LogP contribution in [0.15, 0.2) is 72.5 Å². The van der Waals surface area contributed by atoms with Gasteiger partial charge in [0.05, 0.1) is 50.2 Å². The van der Waals surface area contributed by atoms with E-state index in [1.54, 1.807) is 53.5 Å². The van der Waals surface area contributed by atoms with Crippen molar-refractivity contribution in [1.29, 1.82) is 0 Å². The number of ether oxygens (including phenoxy) is 5. The minimum Gasteiger partial charge on any atom is -0.493 e. The van der Waals surface area contributed by atoms with E-state index in [0.717, 1.165) is 49.8 Å². The summed E-state index contributed by atoms with van der Waals surface area (Å²) in [7, 11) is 3.22. The Morgan fingerprint density at radius 3 is 2.55 bits per heavy atom. The number of methoxy groups -OCH3 is 2. The molecule has 3 fully saturated rings. The zero-order valence-corrected chi connectivity index (χ0v) is 34.7. The van der Waals surface area contributed by atoms with E-state index in [0.29, 0.717) is 83.7 Å². The third-order valence-electron chi connectivity index (χ3n) is 12.8. The lowest BCUT2D eigenvalue weighted by atomic mass is 9.73. The number of rotatable bonds is 13. The highest BCUT2D eigenvalue weighted by atomic mass is 16.9. The molecule has 17 heteroatoms. The van der Waals surface area contributed by atoms with Crippen LogP contribution in [0.5, 0.6) is 23.0 Å². The lowest BCUT2D eigenvalue weighted by Crippen LogP contribution is -2.56. The Balaban J connectivity index is 0.858. The van der Waals surface area contributed by atoms with Crippen LogP contribution >= 0.6 is 0 Å². The first-order valence-corrected chi connectivity index (χ1v) is 21.5. The molecule has 5 aromatic rings. The van der Waals surface area contributed by atoms with Gasteiger partial charge in [-0.15, -0.1) is 0 Å². The van der Waals surface area contributed by atoms with Crippen LogP contribution in [0, 0.1) is 17.8 Å². The predicted molar refractivity (Wildman–Crippen MR) is 225 cm³/mol. The summed E-state index contributed by atoms with van der Waals surface area (Å²) < 4.78 is 30.6. The zero-order chi connectivity index (χ0) is 42.3. The highest BCUT2D eigenvalue weighted by molar-refractivity contribution is 6.09. The fourth-order valence-corrected chi connectivity index (χ4v) is 9.28. The van der Waals surface area contributed by atoms with E-state index >= 15 is 0 Å². The van der Waals surface area contributed by atoms with E-state index in [-0.39, 0.29) is 41.8 Å². The number of hydrazone groups is 1. The van der Waals surface area contributed by atoms with Crippen molar-refractivity contribution in [1.82, 2.24) is 40.0 Å². The molecule has 1 unspecified atom stereocenters. The molecule has 2 aromatic carbocycles. The molecular formula is C45H49N9O8. The van der Waals surface area contributed by atoms with Crippen molar-refractivity contribution in [3.05, 3.63) is 78.5 Å². The first-order valence-electron chi connectivity index (χ1n) is 21.5. The van der Waals surface area contributed by atoms with Gasteiger partial charge in [0.1, 0.15) is 23.6 Å². The van der Waals surface area contributed by atoms with Crippen molar-refractivity contribution in [2.45, 2.75) is 76.5 Å². The van der Waals surface area contributed by atoms with Gasteiger partial charge in [0.25, 0.3) is 5.91 Å². The van der Waals surface area contributed by atoms with Crippen LogP contribution in [-0.4, -0.2) is 111 Å². The molecule has 5 aliphatic rings. The SMILES string of the molecule is COc1ccc(C2=NN(C3CCN(C(=O)[C@H](Cn4cccn4)NC(=O)c4c[nH]c5c(-c6cccc7c6OC(OCC6CC6)O7)ncnc45)CC3)C(=O)[C@@H]3CCCC[C@H]23)cc1OC. The fraction of sp³-hybridized carbons (Fsp3) is 0.444. The highest BCUT2D eigenvalue weighted by Crippen LogP contribution is 2.45. The highest BCUT2D eigenvalue weighted by Gasteiger charge is 2.44. The van der Waals surface area contributed by atoms with Crippen molar-refractivity contribution in [3.63, 3.8) is 0 Å². The van der Waals surface area contributed by atoms with Gasteiger partial charge in [-0.2, -0.15) is 10.2 Å². The van der Waals surface area contributed by atoms with Gasteiger partial charge in [-0.1, -0.05) is 18.9 Å². The minimum atomic E-state index is -0.949. The predicted octanol–water partition coefficient (Wildman–Crippen LogP) is 5.16. The molecule has 2 aliphatic carbocycles. The maximum Gasteiger partial charge on any atom is 0.361 e. The molecular weight excluding hydrogens is 795 g/mol. The molecule has 322 valence electrons. The average molecular weight is 844 g/mol. The Bertz CT molecular complexity index is 2510. The molecule has 6 heterocycles. The standard InChI is InChI=1S/C45H49N9O8/c1-58-34-14-13-27(21-36(34)59-2)37-29-7-3-4-8-30(29)43(56)54(51-37)28-15-19-52(20-16-28)44(57)33(23-53-18-6-17-49-53)50-42(55)32-22-46-40-38(47-25-48-39(32)40)31-9-5-10-35-41(31)62-45(61-35)60-24-26-11-12-26/h5-6,9-10,13-14,17-18,21-22,25-26,28-30,33,45-46H,3-4,7-8,11-12,15-16,19-20,23-24H2,1-2H3,(H,50,55)/t29-,30+,33-,45?/m0/s1. The number of nitrogens with zero attached hydrogens (tertiary/aromatic N) is 7. The van der Waals surface area contributed by atoms with Gasteiger partial charge in [0.2, 0.25) is 11.8 Å². The van der Waals surface area contributed by atoms with E-state index in [2.05, 4.69) is 25.4 Å². The number of hydrogen-bond acceptors (Lipinski definition) is 12. The van der Waals surface area contributed by atoms with Crippen LogP contribution in [0.25, 0.3) is 22.3 Å². The van der Waals surface area contributed by atoms with Crippen LogP contribution < -0.4 is 24.3 Å². The van der Waals surface area contributed by atoms with E-state index < -0.39 is 18.4 Å². The molecule has 0 bridgehead atoms. The third-order valence-corrected chi connectivity index (χ3v) is 12.8. The molecule has 1 saturated heterocycles. The number of fused-ring (bicyclic) bond motifs is 3. The number of aromatic nitrogens is 5. The van der Waals surface area contributed by atoms with E-state index in [4.69, 9.17) is 28.8 Å². The van der Waals surface area contributed by atoms with Gasteiger partial charge in [-0.3, -0.25) is 19.1 Å². The van der Waals surface area contributed by atoms with Crippen LogP contribution in [-0.2, 0) is 20.9 Å². The van der Waals surface area contributed by atoms with Crippen molar-refractivity contribution < 1.29 is 38.1 Å². The largest absolute Gasteiger partial charge is 0.493 e. The normalized spacial score (nSPS) is 21.7. The van der Waals surface area contributed by atoms with Gasteiger partial charge >= 0.3 is 6.48 Å². The fourth-order valence-electron chi connectivity index (χ4n) is 9.28. The summed E-state index contributed by atoms with van der Waals surface area (Å²) in [6, 6.07) is 12.0. The van der Waals surface area contributed by atoms with Crippen LogP contribution in [0.1, 0.15) is 67.3 Å². The summed E-state index contributed by atoms with van der Waals surface area (Å²) in [6.45, 7) is 0.609. The summed E-state index contributed by atoms with van der Waals surface area (Å²) in [4.78, 5) is 56.7. The number of H-pyrrole nitrogens is 1. The Morgan fingerprint density at radius 1 is 0.952 bits per heavy atom. The Hall–Kier alpha value is -6.49. The molecule has 0 spiro atoms. The second kappa shape index (κ2) is 16.8. The molecule has 3 aromatic heterocycles. The molecule has 4 atom stereocenters. The first kappa shape index (κ1) is 39.6. The number of para-hydroxylation sites is 1. The van der Waals surface area contributed by atoms with Crippen LogP contribution in [0.3, 0.4) is 0 Å². The number of aromatic amines is 1. The smallest absolute Gasteiger partial charge is 0.361 e. The summed E-state index contributed by atoms with van der Waals surface area (Å²) in [5, 5.41) is 14.1. The number of carbonyl (C=O) groups is 3. The van der Waals surface area contributed by atoms with E-state index in [1.165, 1.54) is 6.33 Å². The summed E-state index contributed by atoms with van der Waals surface area (Å²) in [6.07, 6.45) is 13.5. The van der Waals surface area contributed by atoms with Crippen molar-refractivity contribution >= 4 is 34.5 Å². The van der Waals surface area contributed by atoms with Gasteiger partial charge in [0.15, 0.2) is 23.0 Å². The number of carbonyl (C=O) groups excluding carboxylic acids is 3. The number of nitrogens with one attached hydrogen (secondary N) is 2. The topological polar surface area (TPSA) is 188 Å². The van der Waals surface area contributed by atoms with Crippen molar-refractivity contribution in [2.24, 2.45) is 22.9 Å². The monoisotopic (exact) mass is 843 g/mol. The average Bonchev–Trinajstić information content (AvgIpc) is 3.61. The Labute approximate surface area is 357 Å².